The van der Waals surface area contributed by atoms with Gasteiger partial charge in [-0.05, 0) is 19.9 Å². The molecule has 0 aromatic rings. The second kappa shape index (κ2) is 6.79. The van der Waals surface area contributed by atoms with Crippen molar-refractivity contribution in [3.05, 3.63) is 0 Å². The van der Waals surface area contributed by atoms with E-state index in [0.717, 1.165) is 6.54 Å². The van der Waals surface area contributed by atoms with E-state index in [9.17, 15) is 4.79 Å². The number of carbonyl (C=O) groups is 1. The first-order valence-electron chi connectivity index (χ1n) is 5.15. The quantitative estimate of drug-likeness (QED) is 0.638. The zero-order chi connectivity index (χ0) is 11.1. The van der Waals surface area contributed by atoms with Gasteiger partial charge in [-0.2, -0.15) is 0 Å². The Balaban J connectivity index is 3.75. The van der Waals surface area contributed by atoms with Gasteiger partial charge in [-0.1, -0.05) is 13.8 Å². The largest absolute Gasteiger partial charge is 0.352 e. The molecule has 0 saturated carbocycles. The summed E-state index contributed by atoms with van der Waals surface area (Å²) in [5, 5.41) is 2.95. The normalized spacial score (nSPS) is 13.4. The molecular formula is C10H23N3O. The molecule has 0 spiro atoms. The molecule has 0 saturated heterocycles. The SMILES string of the molecule is CC(C)C(C)NC(=O)CN(C)CCN. The number of rotatable bonds is 6. The highest BCUT2D eigenvalue weighted by atomic mass is 16.2. The number of nitrogens with zero attached hydrogens (tertiary/aromatic N) is 1. The smallest absolute Gasteiger partial charge is 0.234 e. The van der Waals surface area contributed by atoms with Crippen LogP contribution < -0.4 is 11.1 Å². The molecule has 0 aromatic carbocycles. The maximum atomic E-state index is 11.4. The topological polar surface area (TPSA) is 58.4 Å². The first-order valence-corrected chi connectivity index (χ1v) is 5.15. The molecule has 0 fully saturated rings. The number of nitrogens with two attached hydrogens (primary N) is 1. The number of carbonyl (C=O) groups excluding carboxylic acids is 1. The Morgan fingerprint density at radius 2 is 2.00 bits per heavy atom. The molecule has 14 heavy (non-hydrogen) atoms. The summed E-state index contributed by atoms with van der Waals surface area (Å²) in [5.74, 6) is 0.543. The van der Waals surface area contributed by atoms with E-state index in [0.29, 0.717) is 19.0 Å². The van der Waals surface area contributed by atoms with Gasteiger partial charge in [-0.3, -0.25) is 9.69 Å². The van der Waals surface area contributed by atoms with Crippen molar-refractivity contribution in [2.45, 2.75) is 26.8 Å². The standard InChI is InChI=1S/C10H23N3O/c1-8(2)9(3)12-10(14)7-13(4)6-5-11/h8-9H,5-7,11H2,1-4H3,(H,12,14). The van der Waals surface area contributed by atoms with Crippen LogP contribution in [-0.4, -0.2) is 43.5 Å². The number of hydrogen-bond donors (Lipinski definition) is 2. The van der Waals surface area contributed by atoms with Crippen molar-refractivity contribution < 1.29 is 4.79 Å². The third-order valence-corrected chi connectivity index (χ3v) is 2.31. The van der Waals surface area contributed by atoms with Crippen LogP contribution in [0, 0.1) is 5.92 Å². The summed E-state index contributed by atoms with van der Waals surface area (Å²) in [6, 6.07) is 0.230. The van der Waals surface area contributed by atoms with Crippen LogP contribution in [0.1, 0.15) is 20.8 Å². The summed E-state index contributed by atoms with van der Waals surface area (Å²) in [6.07, 6.45) is 0. The van der Waals surface area contributed by atoms with E-state index in [-0.39, 0.29) is 11.9 Å². The van der Waals surface area contributed by atoms with Crippen molar-refractivity contribution >= 4 is 5.91 Å². The number of hydrogen-bond acceptors (Lipinski definition) is 3. The van der Waals surface area contributed by atoms with Gasteiger partial charge in [-0.25, -0.2) is 0 Å². The lowest BCUT2D eigenvalue weighted by atomic mass is 10.1. The van der Waals surface area contributed by atoms with Crippen molar-refractivity contribution in [2.75, 3.05) is 26.7 Å². The van der Waals surface area contributed by atoms with Crippen LogP contribution in [0.25, 0.3) is 0 Å². The van der Waals surface area contributed by atoms with Crippen molar-refractivity contribution in [2.24, 2.45) is 11.7 Å². The Bertz CT molecular complexity index is 171. The van der Waals surface area contributed by atoms with Crippen LogP contribution in [-0.2, 0) is 4.79 Å². The fourth-order valence-corrected chi connectivity index (χ4v) is 1.01. The maximum Gasteiger partial charge on any atom is 0.234 e. The molecular weight excluding hydrogens is 178 g/mol. The molecule has 4 nitrogen and oxygen atoms in total. The van der Waals surface area contributed by atoms with Crippen LogP contribution in [0.4, 0.5) is 0 Å². The van der Waals surface area contributed by atoms with Gasteiger partial charge in [-0.15, -0.1) is 0 Å². The minimum Gasteiger partial charge on any atom is -0.352 e. The summed E-state index contributed by atoms with van der Waals surface area (Å²) >= 11 is 0. The van der Waals surface area contributed by atoms with E-state index in [1.165, 1.54) is 0 Å². The lowest BCUT2D eigenvalue weighted by Crippen LogP contribution is -2.42. The van der Waals surface area contributed by atoms with E-state index in [1.807, 2.05) is 18.9 Å². The van der Waals surface area contributed by atoms with Gasteiger partial charge in [0.1, 0.15) is 0 Å². The molecule has 84 valence electrons. The minimum atomic E-state index is 0.0714. The molecule has 3 N–H and O–H groups in total. The fourth-order valence-electron chi connectivity index (χ4n) is 1.01. The van der Waals surface area contributed by atoms with E-state index in [2.05, 4.69) is 19.2 Å². The fraction of sp³-hybridized carbons (Fsp3) is 0.900. The van der Waals surface area contributed by atoms with E-state index >= 15 is 0 Å². The van der Waals surface area contributed by atoms with Gasteiger partial charge in [0.25, 0.3) is 0 Å². The second-order valence-electron chi connectivity index (χ2n) is 4.13. The molecule has 1 unspecified atom stereocenters. The summed E-state index contributed by atoms with van der Waals surface area (Å²) in [5.41, 5.74) is 5.38. The van der Waals surface area contributed by atoms with Crippen molar-refractivity contribution in [1.82, 2.24) is 10.2 Å². The number of likely N-dealkylation sites (N-methyl/N-ethyl adjacent to an activating group) is 1. The summed E-state index contributed by atoms with van der Waals surface area (Å²) in [6.45, 7) is 7.97. The van der Waals surface area contributed by atoms with Gasteiger partial charge in [0.2, 0.25) is 5.91 Å². The molecule has 0 radical (unpaired) electrons. The summed E-state index contributed by atoms with van der Waals surface area (Å²) in [7, 11) is 1.90. The minimum absolute atomic E-state index is 0.0714. The molecule has 4 heteroatoms. The zero-order valence-electron chi connectivity index (χ0n) is 9.71. The Kier molecular flexibility index (Phi) is 6.49. The highest BCUT2D eigenvalue weighted by molar-refractivity contribution is 5.78. The third-order valence-electron chi connectivity index (χ3n) is 2.31. The van der Waals surface area contributed by atoms with E-state index < -0.39 is 0 Å². The molecule has 0 aliphatic rings. The summed E-state index contributed by atoms with van der Waals surface area (Å²) in [4.78, 5) is 13.4. The van der Waals surface area contributed by atoms with Crippen LogP contribution in [0.5, 0.6) is 0 Å². The maximum absolute atomic E-state index is 11.4. The number of amides is 1. The molecule has 1 amide bonds. The molecule has 0 aliphatic heterocycles. The van der Waals surface area contributed by atoms with E-state index in [1.54, 1.807) is 0 Å². The van der Waals surface area contributed by atoms with Crippen LogP contribution in [0.3, 0.4) is 0 Å². The van der Waals surface area contributed by atoms with Crippen molar-refractivity contribution in [3.8, 4) is 0 Å². The van der Waals surface area contributed by atoms with Gasteiger partial charge < -0.3 is 11.1 Å². The molecule has 0 bridgehead atoms. The van der Waals surface area contributed by atoms with Crippen LogP contribution in [0.2, 0.25) is 0 Å². The third kappa shape index (κ3) is 5.94. The molecule has 0 heterocycles. The number of nitrogens with one attached hydrogen (secondary N) is 1. The zero-order valence-corrected chi connectivity index (χ0v) is 9.71. The van der Waals surface area contributed by atoms with Gasteiger partial charge in [0.05, 0.1) is 6.54 Å². The predicted octanol–water partition coefficient (Wildman–Crippen LogP) is 0.0376. The Morgan fingerprint density at radius 1 is 1.43 bits per heavy atom. The Labute approximate surface area is 86.8 Å². The highest BCUT2D eigenvalue weighted by Crippen LogP contribution is 1.99. The van der Waals surface area contributed by atoms with Crippen LogP contribution >= 0.6 is 0 Å². The molecule has 0 aromatic heterocycles. The Hall–Kier alpha value is -0.610. The lowest BCUT2D eigenvalue weighted by molar-refractivity contribution is -0.122. The molecule has 1 atom stereocenters. The van der Waals surface area contributed by atoms with E-state index in [4.69, 9.17) is 5.73 Å². The summed E-state index contributed by atoms with van der Waals surface area (Å²) < 4.78 is 0. The first kappa shape index (κ1) is 13.4. The predicted molar refractivity (Wildman–Crippen MR) is 59.0 cm³/mol. The average molecular weight is 201 g/mol. The molecule has 0 rings (SSSR count). The average Bonchev–Trinajstić information content (AvgIpc) is 2.03. The van der Waals surface area contributed by atoms with Crippen molar-refractivity contribution in [1.29, 1.82) is 0 Å². The lowest BCUT2D eigenvalue weighted by Gasteiger charge is -2.20. The second-order valence-corrected chi connectivity index (χ2v) is 4.13. The Morgan fingerprint density at radius 3 is 2.43 bits per heavy atom. The first-order chi connectivity index (χ1) is 6.47. The van der Waals surface area contributed by atoms with Gasteiger partial charge >= 0.3 is 0 Å². The highest BCUT2D eigenvalue weighted by Gasteiger charge is 2.11. The van der Waals surface area contributed by atoms with Gasteiger partial charge in [0.15, 0.2) is 0 Å². The molecule has 0 aliphatic carbocycles. The monoisotopic (exact) mass is 201 g/mol. The van der Waals surface area contributed by atoms with Crippen LogP contribution in [0.15, 0.2) is 0 Å². The van der Waals surface area contributed by atoms with Crippen molar-refractivity contribution in [3.63, 3.8) is 0 Å². The van der Waals surface area contributed by atoms with Gasteiger partial charge in [0, 0.05) is 19.1 Å².